The van der Waals surface area contributed by atoms with Gasteiger partial charge in [-0.3, -0.25) is 4.79 Å². The van der Waals surface area contributed by atoms with Crippen molar-refractivity contribution in [3.63, 3.8) is 0 Å². The summed E-state index contributed by atoms with van der Waals surface area (Å²) in [6.45, 7) is 2.05. The van der Waals surface area contributed by atoms with Crippen LogP contribution < -0.4 is 5.73 Å². The van der Waals surface area contributed by atoms with Crippen LogP contribution in [0, 0.1) is 11.8 Å². The van der Waals surface area contributed by atoms with Crippen molar-refractivity contribution in [1.29, 1.82) is 0 Å². The summed E-state index contributed by atoms with van der Waals surface area (Å²) in [6, 6.07) is 4.89. The number of carboxylic acids is 1. The van der Waals surface area contributed by atoms with Crippen LogP contribution in [0.25, 0.3) is 0 Å². The van der Waals surface area contributed by atoms with Crippen molar-refractivity contribution in [2.24, 2.45) is 17.6 Å². The molecule has 0 unspecified atom stereocenters. The lowest BCUT2D eigenvalue weighted by Gasteiger charge is -2.32. The van der Waals surface area contributed by atoms with Gasteiger partial charge in [0.25, 0.3) is 0 Å². The molecule has 3 N–H and O–H groups in total. The number of esters is 1. The number of rotatable bonds is 8. The zero-order chi connectivity index (χ0) is 20.7. The first-order chi connectivity index (χ1) is 13.2. The number of carbonyl (C=O) groups is 2. The van der Waals surface area contributed by atoms with Crippen LogP contribution in [0.1, 0.15) is 31.7 Å². The summed E-state index contributed by atoms with van der Waals surface area (Å²) in [6.07, 6.45) is 0.481. The third kappa shape index (κ3) is 3.38. The van der Waals surface area contributed by atoms with E-state index in [-0.39, 0.29) is 19.6 Å². The molecule has 154 valence electrons. The minimum Gasteiger partial charge on any atom is -0.480 e. The number of fused-ring (bicyclic) bond motifs is 1. The number of nitrogens with two attached hydrogens (primary N) is 1. The number of hydrogen-bond donors (Lipinski definition) is 2. The molecule has 6 nitrogen and oxygen atoms in total. The largest absolute Gasteiger partial charge is 0.480 e. The molecule has 0 bridgehead atoms. The second kappa shape index (κ2) is 7.78. The van der Waals surface area contributed by atoms with Crippen molar-refractivity contribution in [3.8, 4) is 0 Å². The van der Waals surface area contributed by atoms with Crippen LogP contribution in [0.2, 0.25) is 10.0 Å². The molecule has 1 aromatic rings. The van der Waals surface area contributed by atoms with Crippen molar-refractivity contribution >= 4 is 35.1 Å². The number of halogens is 3. The van der Waals surface area contributed by atoms with Crippen LogP contribution >= 0.6 is 23.2 Å². The summed E-state index contributed by atoms with van der Waals surface area (Å²) in [5.41, 5.74) is 2.39. The Labute approximate surface area is 172 Å². The molecule has 0 amide bonds. The summed E-state index contributed by atoms with van der Waals surface area (Å²) < 4.78 is 25.9. The number of benzene rings is 1. The molecule has 2 aliphatic rings. The summed E-state index contributed by atoms with van der Waals surface area (Å²) in [5, 5.41) is 10.4. The lowest BCUT2D eigenvalue weighted by Crippen LogP contribution is -2.60. The van der Waals surface area contributed by atoms with E-state index in [2.05, 4.69) is 0 Å². The van der Waals surface area contributed by atoms with E-state index in [4.69, 9.17) is 38.4 Å². The van der Waals surface area contributed by atoms with Gasteiger partial charge in [-0.25, -0.2) is 9.18 Å². The van der Waals surface area contributed by atoms with Crippen LogP contribution in [0.15, 0.2) is 18.2 Å². The second-order valence-corrected chi connectivity index (χ2v) is 8.18. The molecule has 5 atom stereocenters. The molecule has 2 saturated carbocycles. The monoisotopic (exact) mass is 433 g/mol. The lowest BCUT2D eigenvalue weighted by molar-refractivity contribution is -0.159. The maximum absolute atomic E-state index is 15.2. The molecule has 2 aliphatic carbocycles. The normalized spacial score (nSPS) is 33.4. The van der Waals surface area contributed by atoms with Crippen LogP contribution in [0.4, 0.5) is 4.39 Å². The summed E-state index contributed by atoms with van der Waals surface area (Å²) >= 11 is 11.8. The summed E-state index contributed by atoms with van der Waals surface area (Å²) in [5.74, 6) is -4.44. The highest BCUT2D eigenvalue weighted by Crippen LogP contribution is 2.67. The van der Waals surface area contributed by atoms with Gasteiger partial charge in [0.2, 0.25) is 5.67 Å². The Balaban J connectivity index is 1.70. The van der Waals surface area contributed by atoms with Gasteiger partial charge in [-0.15, -0.1) is 0 Å². The average Bonchev–Trinajstić information content (AvgIpc) is 3.12. The number of hydrogen-bond acceptors (Lipinski definition) is 5. The summed E-state index contributed by atoms with van der Waals surface area (Å²) in [7, 11) is 0. The van der Waals surface area contributed by atoms with E-state index in [0.29, 0.717) is 22.0 Å². The molecule has 0 radical (unpaired) electrons. The fourth-order valence-corrected chi connectivity index (χ4v) is 4.36. The quantitative estimate of drug-likeness (QED) is 0.481. The smallest absolute Gasteiger partial charge is 0.344 e. The predicted octanol–water partition coefficient (Wildman–Crippen LogP) is 3.36. The van der Waals surface area contributed by atoms with Crippen molar-refractivity contribution < 1.29 is 28.6 Å². The molecule has 0 heterocycles. The Morgan fingerprint density at radius 3 is 2.68 bits per heavy atom. The summed E-state index contributed by atoms with van der Waals surface area (Å²) in [4.78, 5) is 24.1. The maximum Gasteiger partial charge on any atom is 0.344 e. The van der Waals surface area contributed by atoms with Crippen molar-refractivity contribution in [1.82, 2.24) is 0 Å². The van der Waals surface area contributed by atoms with E-state index >= 15 is 4.39 Å². The van der Waals surface area contributed by atoms with E-state index in [0.717, 1.165) is 6.42 Å². The number of aliphatic carboxylic acids is 1. The van der Waals surface area contributed by atoms with Crippen LogP contribution in [0.5, 0.6) is 0 Å². The molecule has 0 spiro atoms. The van der Waals surface area contributed by atoms with E-state index in [1.54, 1.807) is 18.2 Å². The number of carbonyl (C=O) groups excluding carboxylic acids is 1. The molecule has 0 saturated heterocycles. The SMILES string of the molecule is CCCCOC(=O)[C@@]1(F)[C@@H]2C[C@@H](OCc3ccc(Cl)c(Cl)c3)[C@@](N)(C(=O)O)[C@@H]21. The molecular weight excluding hydrogens is 412 g/mol. The van der Waals surface area contributed by atoms with E-state index < -0.39 is 41.1 Å². The molecule has 1 aromatic carbocycles. The second-order valence-electron chi connectivity index (χ2n) is 7.36. The molecule has 2 fully saturated rings. The van der Waals surface area contributed by atoms with E-state index in [1.165, 1.54) is 0 Å². The Bertz CT molecular complexity index is 794. The van der Waals surface area contributed by atoms with Gasteiger partial charge >= 0.3 is 11.9 Å². The molecule has 9 heteroatoms. The zero-order valence-corrected chi connectivity index (χ0v) is 16.8. The lowest BCUT2D eigenvalue weighted by atomic mass is 9.88. The predicted molar refractivity (Wildman–Crippen MR) is 101 cm³/mol. The van der Waals surface area contributed by atoms with Gasteiger partial charge in [-0.2, -0.15) is 0 Å². The highest BCUT2D eigenvalue weighted by atomic mass is 35.5. The first-order valence-corrected chi connectivity index (χ1v) is 9.86. The minimum absolute atomic E-state index is 0.0220. The zero-order valence-electron chi connectivity index (χ0n) is 15.3. The fourth-order valence-electron chi connectivity index (χ4n) is 4.04. The first kappa shape index (κ1) is 21.3. The minimum atomic E-state index is -2.37. The number of unbranched alkanes of at least 4 members (excludes halogenated alkanes) is 1. The van der Waals surface area contributed by atoms with Crippen molar-refractivity contribution in [3.05, 3.63) is 33.8 Å². The van der Waals surface area contributed by atoms with E-state index in [9.17, 15) is 14.7 Å². The highest BCUT2D eigenvalue weighted by molar-refractivity contribution is 6.42. The van der Waals surface area contributed by atoms with Gasteiger partial charge in [0.15, 0.2) is 0 Å². The van der Waals surface area contributed by atoms with Gasteiger partial charge < -0.3 is 20.3 Å². The highest BCUT2D eigenvalue weighted by Gasteiger charge is 2.85. The Kier molecular flexibility index (Phi) is 5.92. The number of ether oxygens (including phenoxy) is 2. The third-order valence-electron chi connectivity index (χ3n) is 5.65. The third-order valence-corrected chi connectivity index (χ3v) is 6.39. The van der Waals surface area contributed by atoms with Crippen LogP contribution in [0.3, 0.4) is 0 Å². The van der Waals surface area contributed by atoms with Gasteiger partial charge in [-0.1, -0.05) is 42.6 Å². The van der Waals surface area contributed by atoms with Gasteiger partial charge in [0, 0.05) is 11.8 Å². The van der Waals surface area contributed by atoms with E-state index in [1.807, 2.05) is 6.92 Å². The average molecular weight is 434 g/mol. The molecule has 0 aromatic heterocycles. The van der Waals surface area contributed by atoms with Gasteiger partial charge in [0.1, 0.15) is 5.54 Å². The molecule has 3 rings (SSSR count). The first-order valence-electron chi connectivity index (χ1n) is 9.11. The number of carboxylic acid groups (broad SMARTS) is 1. The van der Waals surface area contributed by atoms with Crippen LogP contribution in [-0.2, 0) is 25.7 Å². The van der Waals surface area contributed by atoms with Crippen LogP contribution in [-0.4, -0.2) is 41.0 Å². The van der Waals surface area contributed by atoms with Crippen molar-refractivity contribution in [2.45, 2.75) is 50.1 Å². The number of alkyl halides is 1. The van der Waals surface area contributed by atoms with Gasteiger partial charge in [0.05, 0.1) is 29.4 Å². The fraction of sp³-hybridized carbons (Fsp3) is 0.579. The Morgan fingerprint density at radius 2 is 2.07 bits per heavy atom. The Hall–Kier alpha value is -1.41. The molecule has 28 heavy (non-hydrogen) atoms. The molecule has 0 aliphatic heterocycles. The maximum atomic E-state index is 15.2. The van der Waals surface area contributed by atoms with Crippen molar-refractivity contribution in [2.75, 3.05) is 6.61 Å². The Morgan fingerprint density at radius 1 is 1.36 bits per heavy atom. The topological polar surface area (TPSA) is 98.9 Å². The van der Waals surface area contributed by atoms with Gasteiger partial charge in [-0.05, 0) is 30.5 Å². The molecular formula is C19H22Cl2FNO5. The standard InChI is InChI=1S/C19H22Cl2FNO5/c1-2-3-6-27-17(26)18(22)11-8-14(19(23,15(11)18)16(24)25)28-9-10-4-5-12(20)13(21)7-10/h4-5,7,11,14-15H,2-3,6,8-9,23H2,1H3,(H,24,25)/t11-,14-,15+,18-,19+/m1/s1.